The van der Waals surface area contributed by atoms with Gasteiger partial charge in [-0.2, -0.15) is 0 Å². The fourth-order valence-electron chi connectivity index (χ4n) is 1.96. The van der Waals surface area contributed by atoms with Gasteiger partial charge < -0.3 is 4.74 Å². The molecule has 0 bridgehead atoms. The average molecular weight is 306 g/mol. The van der Waals surface area contributed by atoms with Crippen molar-refractivity contribution in [2.24, 2.45) is 0 Å². The molecule has 0 fully saturated rings. The minimum Gasteiger partial charge on any atom is -0.496 e. The number of nitrogens with zero attached hydrogens (tertiary/aromatic N) is 1. The lowest BCUT2D eigenvalue weighted by Crippen LogP contribution is -2.23. The van der Waals surface area contributed by atoms with Crippen LogP contribution in [-0.2, 0) is 23.0 Å². The van der Waals surface area contributed by atoms with E-state index < -0.39 is 10.0 Å². The zero-order valence-corrected chi connectivity index (χ0v) is 12.9. The third-order valence-corrected chi connectivity index (χ3v) is 4.53. The summed E-state index contributed by atoms with van der Waals surface area (Å²) in [7, 11) is -1.98. The predicted molar refractivity (Wildman–Crippen MR) is 80.6 cm³/mol. The molecule has 0 amide bonds. The number of benzene rings is 1. The van der Waals surface area contributed by atoms with Gasteiger partial charge in [0.1, 0.15) is 5.75 Å². The molecule has 0 atom stereocenters. The van der Waals surface area contributed by atoms with Crippen LogP contribution in [0.1, 0.15) is 18.1 Å². The van der Waals surface area contributed by atoms with E-state index in [1.54, 1.807) is 43.8 Å². The summed E-state index contributed by atoms with van der Waals surface area (Å²) in [6.45, 7) is 2.17. The maximum Gasteiger partial charge on any atom is 0.240 e. The molecule has 21 heavy (non-hydrogen) atoms. The lowest BCUT2D eigenvalue weighted by atomic mass is 10.1. The van der Waals surface area contributed by atoms with Crippen LogP contribution in [0.2, 0.25) is 0 Å². The number of rotatable bonds is 6. The molecule has 6 heteroatoms. The van der Waals surface area contributed by atoms with Crippen LogP contribution in [0.3, 0.4) is 0 Å². The number of aromatic nitrogens is 1. The van der Waals surface area contributed by atoms with E-state index >= 15 is 0 Å². The molecular formula is C15H18N2O3S. The Morgan fingerprint density at radius 1 is 1.29 bits per heavy atom. The van der Waals surface area contributed by atoms with Gasteiger partial charge in [-0.25, -0.2) is 13.1 Å². The third-order valence-electron chi connectivity index (χ3n) is 3.13. The first kappa shape index (κ1) is 15.5. The highest BCUT2D eigenvalue weighted by atomic mass is 32.2. The van der Waals surface area contributed by atoms with Crippen LogP contribution in [0.5, 0.6) is 5.75 Å². The fourth-order valence-corrected chi connectivity index (χ4v) is 3.03. The summed E-state index contributed by atoms with van der Waals surface area (Å²) >= 11 is 0. The van der Waals surface area contributed by atoms with Crippen molar-refractivity contribution in [3.05, 3.63) is 53.9 Å². The number of hydrogen-bond donors (Lipinski definition) is 1. The Kier molecular flexibility index (Phi) is 4.93. The molecule has 2 aromatic rings. The Bertz CT molecular complexity index is 700. The van der Waals surface area contributed by atoms with Crippen molar-refractivity contribution in [1.29, 1.82) is 0 Å². The number of hydrogen-bond acceptors (Lipinski definition) is 4. The molecule has 2 rings (SSSR count). The first-order valence-electron chi connectivity index (χ1n) is 6.62. The highest BCUT2D eigenvalue weighted by Gasteiger charge is 2.15. The molecule has 0 aliphatic rings. The molecule has 1 aromatic heterocycles. The molecule has 1 heterocycles. The van der Waals surface area contributed by atoms with Crippen molar-refractivity contribution in [3.8, 4) is 5.75 Å². The van der Waals surface area contributed by atoms with Gasteiger partial charge in [0.15, 0.2) is 0 Å². The number of pyridine rings is 1. The van der Waals surface area contributed by atoms with Crippen molar-refractivity contribution >= 4 is 10.0 Å². The van der Waals surface area contributed by atoms with Gasteiger partial charge in [0, 0.05) is 18.9 Å². The van der Waals surface area contributed by atoms with Crippen LogP contribution in [-0.4, -0.2) is 20.5 Å². The predicted octanol–water partition coefficient (Wildman–Crippen LogP) is 2.13. The zero-order chi connectivity index (χ0) is 15.3. The van der Waals surface area contributed by atoms with Crippen molar-refractivity contribution in [2.75, 3.05) is 7.11 Å². The van der Waals surface area contributed by atoms with Gasteiger partial charge in [-0.05, 0) is 41.8 Å². The van der Waals surface area contributed by atoms with E-state index in [2.05, 4.69) is 9.71 Å². The van der Waals surface area contributed by atoms with Gasteiger partial charge >= 0.3 is 0 Å². The average Bonchev–Trinajstić information content (AvgIpc) is 2.53. The highest BCUT2D eigenvalue weighted by Crippen LogP contribution is 2.22. The summed E-state index contributed by atoms with van der Waals surface area (Å²) in [6, 6.07) is 8.46. The maximum atomic E-state index is 12.3. The van der Waals surface area contributed by atoms with Crippen LogP contribution < -0.4 is 9.46 Å². The van der Waals surface area contributed by atoms with Crippen molar-refractivity contribution in [1.82, 2.24) is 9.71 Å². The molecular weight excluding hydrogens is 288 g/mol. The number of sulfonamides is 1. The van der Waals surface area contributed by atoms with Crippen LogP contribution >= 0.6 is 0 Å². The third kappa shape index (κ3) is 3.80. The maximum absolute atomic E-state index is 12.3. The number of methoxy groups -OCH3 is 1. The fraction of sp³-hybridized carbons (Fsp3) is 0.267. The van der Waals surface area contributed by atoms with E-state index in [9.17, 15) is 8.42 Å². The van der Waals surface area contributed by atoms with E-state index in [-0.39, 0.29) is 11.4 Å². The molecule has 5 nitrogen and oxygen atoms in total. The Morgan fingerprint density at radius 2 is 2.10 bits per heavy atom. The molecule has 0 aliphatic carbocycles. The van der Waals surface area contributed by atoms with Crippen molar-refractivity contribution in [2.45, 2.75) is 24.8 Å². The number of nitrogens with one attached hydrogen (secondary N) is 1. The molecule has 0 unspecified atom stereocenters. The number of ether oxygens (including phenoxy) is 1. The monoisotopic (exact) mass is 306 g/mol. The molecule has 0 spiro atoms. The molecule has 0 aliphatic heterocycles. The van der Waals surface area contributed by atoms with Gasteiger partial charge in [0.2, 0.25) is 10.0 Å². The van der Waals surface area contributed by atoms with Gasteiger partial charge in [0.25, 0.3) is 0 Å². The molecule has 0 saturated carbocycles. The van der Waals surface area contributed by atoms with Crippen LogP contribution in [0.15, 0.2) is 47.6 Å². The lowest BCUT2D eigenvalue weighted by molar-refractivity contribution is 0.409. The molecule has 112 valence electrons. The van der Waals surface area contributed by atoms with Crippen LogP contribution in [0, 0.1) is 0 Å². The zero-order valence-electron chi connectivity index (χ0n) is 12.0. The number of aryl methyl sites for hydroxylation is 1. The second-order valence-electron chi connectivity index (χ2n) is 4.51. The van der Waals surface area contributed by atoms with Gasteiger partial charge in [-0.3, -0.25) is 4.98 Å². The second kappa shape index (κ2) is 6.69. The minimum absolute atomic E-state index is 0.212. The Morgan fingerprint density at radius 3 is 2.71 bits per heavy atom. The van der Waals surface area contributed by atoms with Crippen molar-refractivity contribution < 1.29 is 13.2 Å². The van der Waals surface area contributed by atoms with E-state index in [0.29, 0.717) is 12.2 Å². The topological polar surface area (TPSA) is 68.3 Å². The first-order chi connectivity index (χ1) is 10.1. The summed E-state index contributed by atoms with van der Waals surface area (Å²) in [6.07, 6.45) is 3.98. The largest absolute Gasteiger partial charge is 0.496 e. The van der Waals surface area contributed by atoms with E-state index in [4.69, 9.17) is 4.74 Å². The Labute approximate surface area is 125 Å². The first-order valence-corrected chi connectivity index (χ1v) is 8.10. The molecule has 0 saturated heterocycles. The quantitative estimate of drug-likeness (QED) is 0.887. The van der Waals surface area contributed by atoms with Gasteiger partial charge in [-0.15, -0.1) is 0 Å². The summed E-state index contributed by atoms with van der Waals surface area (Å²) in [4.78, 5) is 4.20. The standard InChI is InChI=1S/C15H18N2O3S/c1-3-13-9-14(6-7-15(13)20-2)21(18,19)17-11-12-5-4-8-16-10-12/h4-10,17H,3,11H2,1-2H3. The Balaban J connectivity index is 2.19. The SMILES string of the molecule is CCc1cc(S(=O)(=O)NCc2cccnc2)ccc1OC. The minimum atomic E-state index is -3.55. The normalized spacial score (nSPS) is 11.3. The van der Waals surface area contributed by atoms with Crippen LogP contribution in [0.4, 0.5) is 0 Å². The highest BCUT2D eigenvalue weighted by molar-refractivity contribution is 7.89. The summed E-state index contributed by atoms with van der Waals surface area (Å²) in [5.74, 6) is 0.698. The van der Waals surface area contributed by atoms with E-state index in [1.165, 1.54) is 0 Å². The van der Waals surface area contributed by atoms with Gasteiger partial charge in [0.05, 0.1) is 12.0 Å². The Hall–Kier alpha value is -1.92. The van der Waals surface area contributed by atoms with Crippen LogP contribution in [0.25, 0.3) is 0 Å². The lowest BCUT2D eigenvalue weighted by Gasteiger charge is -2.11. The van der Waals surface area contributed by atoms with Gasteiger partial charge in [-0.1, -0.05) is 13.0 Å². The van der Waals surface area contributed by atoms with E-state index in [0.717, 1.165) is 11.1 Å². The molecule has 1 aromatic carbocycles. The van der Waals surface area contributed by atoms with E-state index in [1.807, 2.05) is 13.0 Å². The molecule has 1 N–H and O–H groups in total. The smallest absolute Gasteiger partial charge is 0.240 e. The summed E-state index contributed by atoms with van der Waals surface area (Å²) < 4.78 is 32.4. The summed E-state index contributed by atoms with van der Waals surface area (Å²) in [5.41, 5.74) is 1.67. The summed E-state index contributed by atoms with van der Waals surface area (Å²) in [5, 5.41) is 0. The van der Waals surface area contributed by atoms with Crippen molar-refractivity contribution in [3.63, 3.8) is 0 Å². The molecule has 0 radical (unpaired) electrons. The second-order valence-corrected chi connectivity index (χ2v) is 6.28.